The van der Waals surface area contributed by atoms with Crippen LogP contribution in [0.5, 0.6) is 5.75 Å². The van der Waals surface area contributed by atoms with Crippen LogP contribution >= 0.6 is 0 Å². The molecule has 4 aromatic rings. The number of carboxylic acids is 1. The third-order valence-electron chi connectivity index (χ3n) is 12.1. The van der Waals surface area contributed by atoms with Gasteiger partial charge >= 0.3 is 24.0 Å². The number of morpholine rings is 1. The Hall–Kier alpha value is -6.24. The number of carbonyl (C=O) groups is 5. The van der Waals surface area contributed by atoms with Gasteiger partial charge in [0.25, 0.3) is 0 Å². The number of fused-ring (bicyclic) bond motifs is 3. The summed E-state index contributed by atoms with van der Waals surface area (Å²) in [7, 11) is 4.29. The highest BCUT2D eigenvalue weighted by molar-refractivity contribution is 6.05. The van der Waals surface area contributed by atoms with Crippen LogP contribution in [0.3, 0.4) is 0 Å². The standard InChI is InChI=1S/C36H46N6O10.C12H22O7.C7H16O4/c1-3-25(22-43)50-30(47-2)23-49-29(45)13-7-12-28(44)37-14-4-5-15-39-36(46)51-26-10-6-9-24(21-26)33-40-31-27-11-8-16-38-35(27)52-32(31)34(41-33)42-17-19-48-20-18-42;1-3-9(7-13)19-12(17-2)8-18-11(16)6-4-5-10(14)15;1-3-6(4-8)11-7(5-9)10-2/h6,8-11,16,21,25,30,43H,3-5,7,12-15,17-20,22-23H2,1-2H3,(H,37,44)(H,39,46);9,12-13H,3-8H2,1-2H3,(H,14,15);6-9H,3-5H2,1-2H3. The summed E-state index contributed by atoms with van der Waals surface area (Å²) in [6.07, 6.45) is 1.89. The van der Waals surface area contributed by atoms with Crippen LogP contribution in [-0.4, -0.2) is 208 Å². The van der Waals surface area contributed by atoms with Crippen LogP contribution < -0.4 is 20.3 Å². The molecular formula is C55H84N6O21. The van der Waals surface area contributed by atoms with Crippen molar-refractivity contribution in [1.29, 1.82) is 0 Å². The van der Waals surface area contributed by atoms with Crippen LogP contribution in [0.2, 0.25) is 0 Å². The van der Waals surface area contributed by atoms with Crippen LogP contribution in [0.4, 0.5) is 10.6 Å². The number of pyridine rings is 1. The average molecular weight is 1170 g/mol. The molecule has 6 atom stereocenters. The third-order valence-corrected chi connectivity index (χ3v) is 12.1. The Kier molecular flexibility index (Phi) is 34.9. The Morgan fingerprint density at radius 2 is 1.23 bits per heavy atom. The van der Waals surface area contributed by atoms with E-state index < -0.39 is 49.0 Å². The van der Waals surface area contributed by atoms with Gasteiger partial charge in [0.1, 0.15) is 24.5 Å². The number of carboxylic acid groups (broad SMARTS) is 1. The van der Waals surface area contributed by atoms with Crippen molar-refractivity contribution < 1.29 is 101 Å². The number of furan rings is 1. The molecule has 27 heteroatoms. The molecule has 1 aromatic carbocycles. The van der Waals surface area contributed by atoms with Gasteiger partial charge in [-0.1, -0.05) is 32.9 Å². The fraction of sp³-hybridized carbons (Fsp3) is 0.636. The number of nitrogens with zero attached hydrogens (tertiary/aromatic N) is 4. The zero-order chi connectivity index (χ0) is 60.1. The lowest BCUT2D eigenvalue weighted by molar-refractivity contribution is -0.194. The highest BCUT2D eigenvalue weighted by Gasteiger charge is 2.24. The maximum absolute atomic E-state index is 12.6. The van der Waals surface area contributed by atoms with Crippen molar-refractivity contribution in [3.8, 4) is 17.1 Å². The largest absolute Gasteiger partial charge is 0.481 e. The quantitative estimate of drug-likeness (QED) is 0.0192. The van der Waals surface area contributed by atoms with Gasteiger partial charge in [-0.3, -0.25) is 19.2 Å². The molecule has 460 valence electrons. The number of hydrogen-bond donors (Lipinski definition) is 7. The molecular weight excluding hydrogens is 1080 g/mol. The topological polar surface area (TPSA) is 358 Å². The summed E-state index contributed by atoms with van der Waals surface area (Å²) < 4.78 is 58.1. The summed E-state index contributed by atoms with van der Waals surface area (Å²) in [4.78, 5) is 74.5. The molecule has 0 radical (unpaired) electrons. The Bertz CT molecular complexity index is 2440. The molecule has 0 saturated carbocycles. The van der Waals surface area contributed by atoms with E-state index in [-0.39, 0.29) is 89.9 Å². The van der Waals surface area contributed by atoms with E-state index in [0.29, 0.717) is 118 Å². The Labute approximate surface area is 477 Å². The lowest BCUT2D eigenvalue weighted by Crippen LogP contribution is -2.37. The molecule has 3 aromatic heterocycles. The SMILES string of the molecule is CCC(CO)OC(CO)OC.CCC(CO)OC(COC(=O)CCCC(=O)NCCCCNC(=O)Oc1cccc(-c2nc(N3CCOCC3)c3oc4ncccc4c3n2)c1)OC.CCC(CO)OC(COC(=O)CCCC(=O)O)OC. The van der Waals surface area contributed by atoms with E-state index in [2.05, 4.69) is 20.5 Å². The molecule has 5 rings (SSSR count). The number of anilines is 1. The number of rotatable bonds is 36. The number of aromatic nitrogens is 3. The first-order valence-electron chi connectivity index (χ1n) is 27.4. The lowest BCUT2D eigenvalue weighted by Gasteiger charge is -2.27. The minimum Gasteiger partial charge on any atom is -0.481 e. The molecule has 1 saturated heterocycles. The maximum atomic E-state index is 12.6. The van der Waals surface area contributed by atoms with Gasteiger partial charge in [0, 0.05) is 85.0 Å². The number of methoxy groups -OCH3 is 3. The van der Waals surface area contributed by atoms with Crippen LogP contribution in [0.1, 0.15) is 91.4 Å². The van der Waals surface area contributed by atoms with Gasteiger partial charge in [-0.05, 0) is 69.2 Å². The number of aliphatic hydroxyl groups is 4. The number of nitrogens with one attached hydrogen (secondary N) is 2. The first kappa shape index (κ1) is 70.0. The molecule has 2 amide bonds. The van der Waals surface area contributed by atoms with Gasteiger partial charge in [0.2, 0.25) is 11.6 Å². The molecule has 0 aliphatic carbocycles. The van der Waals surface area contributed by atoms with E-state index in [1.807, 2.05) is 39.0 Å². The van der Waals surface area contributed by atoms with Crippen molar-refractivity contribution >= 4 is 57.9 Å². The molecule has 4 heterocycles. The summed E-state index contributed by atoms with van der Waals surface area (Å²) in [5.74, 6) is -0.633. The minimum atomic E-state index is -0.945. The van der Waals surface area contributed by atoms with E-state index in [0.717, 1.165) is 5.39 Å². The minimum absolute atomic E-state index is 0.0416. The first-order chi connectivity index (χ1) is 39.7. The number of carbonyl (C=O) groups excluding carboxylic acids is 4. The molecule has 0 spiro atoms. The summed E-state index contributed by atoms with van der Waals surface area (Å²) >= 11 is 0. The van der Waals surface area contributed by atoms with Crippen molar-refractivity contribution in [2.45, 2.75) is 129 Å². The van der Waals surface area contributed by atoms with E-state index in [9.17, 15) is 29.1 Å². The fourth-order valence-electron chi connectivity index (χ4n) is 7.37. The zero-order valence-corrected chi connectivity index (χ0v) is 47.8. The fourth-order valence-corrected chi connectivity index (χ4v) is 7.37. The number of aliphatic carboxylic acids is 1. The van der Waals surface area contributed by atoms with Gasteiger partial charge in [0.05, 0.1) is 63.3 Å². The number of amides is 2. The van der Waals surface area contributed by atoms with Gasteiger partial charge < -0.3 is 92.9 Å². The Morgan fingerprint density at radius 1 is 0.671 bits per heavy atom. The second-order valence-electron chi connectivity index (χ2n) is 18.2. The molecule has 27 nitrogen and oxygen atoms in total. The predicted molar refractivity (Wildman–Crippen MR) is 295 cm³/mol. The van der Waals surface area contributed by atoms with E-state index >= 15 is 0 Å². The number of aliphatic hydroxyl groups excluding tert-OH is 4. The lowest BCUT2D eigenvalue weighted by atomic mass is 10.2. The molecule has 6 unspecified atom stereocenters. The number of unbranched alkanes of at least 4 members (excludes halogenated alkanes) is 1. The van der Waals surface area contributed by atoms with Crippen molar-refractivity contribution in [1.82, 2.24) is 25.6 Å². The van der Waals surface area contributed by atoms with Crippen LogP contribution in [0.25, 0.3) is 33.6 Å². The van der Waals surface area contributed by atoms with Gasteiger partial charge in [-0.15, -0.1) is 0 Å². The number of ether oxygens (including phenoxy) is 10. The molecule has 0 bridgehead atoms. The predicted octanol–water partition coefficient (Wildman–Crippen LogP) is 4.02. The zero-order valence-electron chi connectivity index (χ0n) is 47.8. The average Bonchev–Trinajstić information content (AvgIpc) is 3.89. The summed E-state index contributed by atoms with van der Waals surface area (Å²) in [5, 5.41) is 50.3. The smallest absolute Gasteiger partial charge is 0.412 e. The van der Waals surface area contributed by atoms with Crippen molar-refractivity contribution in [2.24, 2.45) is 0 Å². The highest BCUT2D eigenvalue weighted by Crippen LogP contribution is 2.35. The van der Waals surface area contributed by atoms with Crippen molar-refractivity contribution in [3.05, 3.63) is 42.6 Å². The first-order valence-corrected chi connectivity index (χ1v) is 27.4. The number of esters is 2. The number of benzene rings is 1. The maximum Gasteiger partial charge on any atom is 0.412 e. The molecule has 82 heavy (non-hydrogen) atoms. The molecule has 1 fully saturated rings. The summed E-state index contributed by atoms with van der Waals surface area (Å²) in [6, 6.07) is 10.8. The molecule has 1 aliphatic rings. The highest BCUT2D eigenvalue weighted by atomic mass is 16.7. The summed E-state index contributed by atoms with van der Waals surface area (Å²) in [6.45, 7) is 8.15. The normalized spacial score (nSPS) is 14.4. The molecule has 1 aliphatic heterocycles. The Morgan fingerprint density at radius 3 is 1.77 bits per heavy atom. The Balaban J connectivity index is 0.000000482. The van der Waals surface area contributed by atoms with Crippen LogP contribution in [0.15, 0.2) is 47.0 Å². The number of hydrogen-bond acceptors (Lipinski definition) is 24. The molecule has 7 N–H and O–H groups in total. The van der Waals surface area contributed by atoms with Gasteiger partial charge in [-0.2, -0.15) is 0 Å². The second kappa shape index (κ2) is 40.9. The monoisotopic (exact) mass is 1160 g/mol. The third kappa shape index (κ3) is 26.3. The van der Waals surface area contributed by atoms with Gasteiger partial charge in [-0.25, -0.2) is 19.7 Å². The van der Waals surface area contributed by atoms with E-state index in [1.165, 1.54) is 21.3 Å². The van der Waals surface area contributed by atoms with Crippen molar-refractivity contribution in [2.75, 3.05) is 105 Å². The van der Waals surface area contributed by atoms with E-state index in [1.54, 1.807) is 24.4 Å². The van der Waals surface area contributed by atoms with Gasteiger partial charge in [0.15, 0.2) is 36.1 Å². The van der Waals surface area contributed by atoms with Crippen LogP contribution in [0, 0.1) is 0 Å². The van der Waals surface area contributed by atoms with Crippen molar-refractivity contribution in [3.63, 3.8) is 0 Å². The summed E-state index contributed by atoms with van der Waals surface area (Å²) in [5.41, 5.74) is 2.36. The van der Waals surface area contributed by atoms with Crippen LogP contribution in [-0.2, 0) is 61.8 Å². The second-order valence-corrected chi connectivity index (χ2v) is 18.2. The van der Waals surface area contributed by atoms with E-state index in [4.69, 9.17) is 82.2 Å².